The molecule has 1 aromatic carbocycles. The molecule has 0 N–H and O–H groups in total. The van der Waals surface area contributed by atoms with Crippen LogP contribution in [-0.2, 0) is 0 Å². The second-order valence-electron chi connectivity index (χ2n) is 3.93. The Morgan fingerprint density at radius 1 is 1.20 bits per heavy atom. The van der Waals surface area contributed by atoms with Crippen LogP contribution in [0, 0.1) is 6.92 Å². The zero-order valence-electron chi connectivity index (χ0n) is 10.2. The summed E-state index contributed by atoms with van der Waals surface area (Å²) in [7, 11) is 0. The summed E-state index contributed by atoms with van der Waals surface area (Å²) in [5.74, 6) is 0. The normalized spacial score (nSPS) is 13.1. The lowest BCUT2D eigenvalue weighted by molar-refractivity contribution is 1.22. The summed E-state index contributed by atoms with van der Waals surface area (Å²) in [5.41, 5.74) is 5.43. The predicted octanol–water partition coefficient (Wildman–Crippen LogP) is 4.75. The van der Waals surface area contributed by atoms with Gasteiger partial charge in [0.25, 0.3) is 0 Å². The van der Waals surface area contributed by atoms with Gasteiger partial charge >= 0.3 is 0 Å². The summed E-state index contributed by atoms with van der Waals surface area (Å²) >= 11 is 0. The van der Waals surface area contributed by atoms with E-state index in [0.29, 0.717) is 0 Å². The lowest BCUT2D eigenvalue weighted by Gasteiger charge is -2.08. The highest BCUT2D eigenvalue weighted by atomic mass is 14.1. The van der Waals surface area contributed by atoms with Crippen LogP contribution in [0.4, 0.5) is 0 Å². The van der Waals surface area contributed by atoms with Gasteiger partial charge in [0.15, 0.2) is 0 Å². The number of benzene rings is 1. The van der Waals surface area contributed by atoms with Gasteiger partial charge in [0.1, 0.15) is 0 Å². The van der Waals surface area contributed by atoms with Crippen molar-refractivity contribution in [3.8, 4) is 0 Å². The van der Waals surface area contributed by atoms with Crippen molar-refractivity contribution in [2.75, 3.05) is 0 Å². The molecule has 0 bridgehead atoms. The Bertz CT molecular complexity index is 381. The van der Waals surface area contributed by atoms with E-state index >= 15 is 0 Å². The summed E-state index contributed by atoms with van der Waals surface area (Å²) in [6.07, 6.45) is 5.51. The van der Waals surface area contributed by atoms with E-state index < -0.39 is 0 Å². The van der Waals surface area contributed by atoms with Crippen molar-refractivity contribution >= 4 is 5.57 Å². The molecule has 0 saturated carbocycles. The van der Waals surface area contributed by atoms with E-state index in [1.807, 2.05) is 0 Å². The Morgan fingerprint density at radius 2 is 1.87 bits per heavy atom. The first-order chi connectivity index (χ1) is 7.16. The lowest BCUT2D eigenvalue weighted by atomic mass is 9.98. The highest BCUT2D eigenvalue weighted by Gasteiger charge is 2.00. The van der Waals surface area contributed by atoms with E-state index in [9.17, 15) is 0 Å². The third-order valence-electron chi connectivity index (χ3n) is 2.74. The van der Waals surface area contributed by atoms with Gasteiger partial charge in [-0.3, -0.25) is 0 Å². The fourth-order valence-electron chi connectivity index (χ4n) is 1.63. The van der Waals surface area contributed by atoms with Crippen molar-refractivity contribution in [1.82, 2.24) is 0 Å². The van der Waals surface area contributed by atoms with Crippen LogP contribution in [-0.4, -0.2) is 0 Å². The zero-order valence-corrected chi connectivity index (χ0v) is 10.2. The second kappa shape index (κ2) is 5.55. The van der Waals surface area contributed by atoms with E-state index in [1.165, 1.54) is 22.3 Å². The monoisotopic (exact) mass is 200 g/mol. The van der Waals surface area contributed by atoms with Crippen molar-refractivity contribution in [3.63, 3.8) is 0 Å². The van der Waals surface area contributed by atoms with Crippen molar-refractivity contribution in [1.29, 1.82) is 0 Å². The first-order valence-electron chi connectivity index (χ1n) is 5.56. The van der Waals surface area contributed by atoms with Gasteiger partial charge < -0.3 is 0 Å². The summed E-state index contributed by atoms with van der Waals surface area (Å²) in [6.45, 7) is 8.69. The van der Waals surface area contributed by atoms with Crippen molar-refractivity contribution in [2.24, 2.45) is 0 Å². The summed E-state index contributed by atoms with van der Waals surface area (Å²) < 4.78 is 0. The van der Waals surface area contributed by atoms with Crippen LogP contribution in [0.3, 0.4) is 0 Å². The minimum absolute atomic E-state index is 1.10. The molecule has 0 radical (unpaired) electrons. The molecule has 0 aliphatic carbocycles. The molecule has 0 atom stereocenters. The van der Waals surface area contributed by atoms with Crippen LogP contribution in [0.25, 0.3) is 5.57 Å². The molecule has 0 aliphatic rings. The van der Waals surface area contributed by atoms with Gasteiger partial charge in [0, 0.05) is 0 Å². The number of allylic oxidation sites excluding steroid dienone is 4. The quantitative estimate of drug-likeness (QED) is 0.617. The molecule has 80 valence electrons. The third kappa shape index (κ3) is 3.09. The van der Waals surface area contributed by atoms with Gasteiger partial charge in [-0.2, -0.15) is 0 Å². The Labute approximate surface area is 93.3 Å². The molecular weight excluding hydrogens is 180 g/mol. The number of rotatable bonds is 3. The van der Waals surface area contributed by atoms with Crippen LogP contribution < -0.4 is 0 Å². The smallest absolute Gasteiger partial charge is 0.0195 e. The molecule has 1 aromatic rings. The van der Waals surface area contributed by atoms with E-state index in [0.717, 1.165) is 6.42 Å². The van der Waals surface area contributed by atoms with Crippen LogP contribution in [0.1, 0.15) is 38.3 Å². The molecule has 1 rings (SSSR count). The Kier molecular flexibility index (Phi) is 4.36. The molecular formula is C15H20. The van der Waals surface area contributed by atoms with E-state index in [-0.39, 0.29) is 0 Å². The fraction of sp³-hybridized carbons (Fsp3) is 0.333. The summed E-state index contributed by atoms with van der Waals surface area (Å²) in [6, 6.07) is 8.54. The SMILES string of the molecule is CC/C=C\C(C)=C(/C)c1ccccc1C. The molecule has 0 heterocycles. The minimum Gasteiger partial charge on any atom is -0.0845 e. The maximum atomic E-state index is 2.21. The van der Waals surface area contributed by atoms with Gasteiger partial charge in [-0.05, 0) is 49.5 Å². The topological polar surface area (TPSA) is 0 Å². The Balaban J connectivity index is 3.07. The molecule has 0 fully saturated rings. The van der Waals surface area contributed by atoms with E-state index in [4.69, 9.17) is 0 Å². The van der Waals surface area contributed by atoms with Gasteiger partial charge in [0.2, 0.25) is 0 Å². The average Bonchev–Trinajstić information content (AvgIpc) is 2.25. The molecule has 0 aromatic heterocycles. The molecule has 15 heavy (non-hydrogen) atoms. The molecule has 0 saturated heterocycles. The predicted molar refractivity (Wildman–Crippen MR) is 68.9 cm³/mol. The molecule has 0 spiro atoms. The maximum absolute atomic E-state index is 2.21. The standard InChI is InChI=1S/C15H20/c1-5-6-9-12(2)14(4)15-11-8-7-10-13(15)3/h6-11H,5H2,1-4H3/b9-6-,14-12+. The molecule has 0 unspecified atom stereocenters. The fourth-order valence-corrected chi connectivity index (χ4v) is 1.63. The van der Waals surface area contributed by atoms with E-state index in [2.05, 4.69) is 64.1 Å². The average molecular weight is 200 g/mol. The number of hydrogen-bond donors (Lipinski definition) is 0. The van der Waals surface area contributed by atoms with Gasteiger partial charge in [-0.25, -0.2) is 0 Å². The Morgan fingerprint density at radius 3 is 2.47 bits per heavy atom. The van der Waals surface area contributed by atoms with Gasteiger partial charge in [-0.15, -0.1) is 0 Å². The highest BCUT2D eigenvalue weighted by molar-refractivity contribution is 5.70. The largest absolute Gasteiger partial charge is 0.0845 e. The second-order valence-corrected chi connectivity index (χ2v) is 3.93. The minimum atomic E-state index is 1.10. The van der Waals surface area contributed by atoms with Crippen LogP contribution in [0.2, 0.25) is 0 Å². The number of hydrogen-bond acceptors (Lipinski definition) is 0. The summed E-state index contributed by atoms with van der Waals surface area (Å²) in [4.78, 5) is 0. The van der Waals surface area contributed by atoms with Crippen molar-refractivity contribution in [2.45, 2.75) is 34.1 Å². The molecule has 0 nitrogen and oxygen atoms in total. The molecule has 0 aliphatic heterocycles. The highest BCUT2D eigenvalue weighted by Crippen LogP contribution is 2.21. The zero-order chi connectivity index (χ0) is 11.3. The third-order valence-corrected chi connectivity index (χ3v) is 2.74. The van der Waals surface area contributed by atoms with Gasteiger partial charge in [0.05, 0.1) is 0 Å². The van der Waals surface area contributed by atoms with Crippen LogP contribution >= 0.6 is 0 Å². The Hall–Kier alpha value is -1.30. The molecule has 0 amide bonds. The number of aryl methyl sites for hydroxylation is 1. The first-order valence-corrected chi connectivity index (χ1v) is 5.56. The van der Waals surface area contributed by atoms with Gasteiger partial charge in [-0.1, -0.05) is 43.3 Å². The maximum Gasteiger partial charge on any atom is -0.0195 e. The van der Waals surface area contributed by atoms with Crippen LogP contribution in [0.15, 0.2) is 42.0 Å². The molecule has 0 heteroatoms. The summed E-state index contributed by atoms with van der Waals surface area (Å²) in [5, 5.41) is 0. The van der Waals surface area contributed by atoms with Crippen LogP contribution in [0.5, 0.6) is 0 Å². The first kappa shape index (κ1) is 11.8. The van der Waals surface area contributed by atoms with Crippen molar-refractivity contribution in [3.05, 3.63) is 53.1 Å². The van der Waals surface area contributed by atoms with E-state index in [1.54, 1.807) is 0 Å². The lowest BCUT2D eigenvalue weighted by Crippen LogP contribution is -1.87. The van der Waals surface area contributed by atoms with Crippen molar-refractivity contribution < 1.29 is 0 Å².